The van der Waals surface area contributed by atoms with Crippen LogP contribution in [0.4, 0.5) is 0 Å². The zero-order valence-corrected chi connectivity index (χ0v) is 15.1. The third-order valence-electron chi connectivity index (χ3n) is 4.53. The predicted octanol–water partition coefficient (Wildman–Crippen LogP) is 3.69. The van der Waals surface area contributed by atoms with Crippen molar-refractivity contribution in [2.24, 2.45) is 0 Å². The molecule has 4 heteroatoms. The number of aliphatic hydroxyl groups excluding tert-OH is 1. The summed E-state index contributed by atoms with van der Waals surface area (Å²) in [4.78, 5) is 11.1. The number of carbonyl (C=O) groups excluding carboxylic acids is 1. The van der Waals surface area contributed by atoms with Gasteiger partial charge in [-0.2, -0.15) is 0 Å². The van der Waals surface area contributed by atoms with Crippen LogP contribution in [0, 0.1) is 0 Å². The second-order valence-corrected chi connectivity index (χ2v) is 6.27. The summed E-state index contributed by atoms with van der Waals surface area (Å²) in [6.07, 6.45) is 0.757. The van der Waals surface area contributed by atoms with Gasteiger partial charge in [-0.25, -0.2) is 0 Å². The van der Waals surface area contributed by atoms with Crippen molar-refractivity contribution in [1.29, 1.82) is 0 Å². The molecule has 26 heavy (non-hydrogen) atoms. The van der Waals surface area contributed by atoms with E-state index in [9.17, 15) is 9.90 Å². The Kier molecular flexibility index (Phi) is 5.54. The van der Waals surface area contributed by atoms with Crippen LogP contribution in [0.25, 0.3) is 21.9 Å². The van der Waals surface area contributed by atoms with Crippen molar-refractivity contribution >= 4 is 16.7 Å². The summed E-state index contributed by atoms with van der Waals surface area (Å²) in [6.45, 7) is 2.17. The molecule has 0 spiro atoms. The van der Waals surface area contributed by atoms with Crippen molar-refractivity contribution < 1.29 is 14.6 Å². The number of fused-ring (bicyclic) bond motifs is 1. The molecule has 0 saturated heterocycles. The summed E-state index contributed by atoms with van der Waals surface area (Å²) in [5, 5.41) is 14.4. The maximum atomic E-state index is 11.1. The molecule has 0 fully saturated rings. The molecule has 0 heterocycles. The van der Waals surface area contributed by atoms with Crippen LogP contribution in [-0.4, -0.2) is 24.7 Å². The Morgan fingerprint density at radius 3 is 2.46 bits per heavy atom. The molecular formula is C22H23NO3. The number of benzene rings is 3. The molecule has 0 radical (unpaired) electrons. The Hall–Kier alpha value is -2.85. The Labute approximate surface area is 153 Å². The zero-order valence-electron chi connectivity index (χ0n) is 15.1. The average molecular weight is 349 g/mol. The van der Waals surface area contributed by atoms with Crippen molar-refractivity contribution in [3.05, 3.63) is 65.7 Å². The minimum atomic E-state index is -0.0209. The molecule has 1 amide bonds. The monoisotopic (exact) mass is 349 g/mol. The summed E-state index contributed by atoms with van der Waals surface area (Å²) < 4.78 is 5.40. The van der Waals surface area contributed by atoms with Gasteiger partial charge in [-0.3, -0.25) is 4.79 Å². The van der Waals surface area contributed by atoms with Gasteiger partial charge in [0.2, 0.25) is 5.91 Å². The second-order valence-electron chi connectivity index (χ2n) is 6.27. The van der Waals surface area contributed by atoms with Gasteiger partial charge in [0, 0.05) is 13.5 Å². The quantitative estimate of drug-likeness (QED) is 0.714. The zero-order chi connectivity index (χ0) is 18.5. The van der Waals surface area contributed by atoms with Crippen LogP contribution in [0.5, 0.6) is 5.75 Å². The van der Waals surface area contributed by atoms with Crippen LogP contribution in [-0.2, 0) is 17.8 Å². The van der Waals surface area contributed by atoms with E-state index in [1.165, 1.54) is 12.5 Å². The SMILES string of the molecule is COc1ccc2c(-c3ccc(CO)cc3)ccc(CCNC(C)=O)c2c1. The van der Waals surface area contributed by atoms with Gasteiger partial charge in [0.25, 0.3) is 0 Å². The van der Waals surface area contributed by atoms with Gasteiger partial charge in [-0.15, -0.1) is 0 Å². The molecule has 0 aliphatic carbocycles. The van der Waals surface area contributed by atoms with Crippen molar-refractivity contribution in [2.75, 3.05) is 13.7 Å². The van der Waals surface area contributed by atoms with E-state index in [-0.39, 0.29) is 12.5 Å². The molecule has 0 aliphatic heterocycles. The summed E-state index contributed by atoms with van der Waals surface area (Å²) in [6, 6.07) is 18.2. The van der Waals surface area contributed by atoms with E-state index in [2.05, 4.69) is 23.5 Å². The third-order valence-corrected chi connectivity index (χ3v) is 4.53. The first-order valence-corrected chi connectivity index (χ1v) is 8.66. The smallest absolute Gasteiger partial charge is 0.216 e. The first-order chi connectivity index (χ1) is 12.6. The number of rotatable bonds is 6. The highest BCUT2D eigenvalue weighted by molar-refractivity contribution is 5.99. The van der Waals surface area contributed by atoms with Gasteiger partial charge < -0.3 is 15.2 Å². The second kappa shape index (κ2) is 8.02. The Morgan fingerprint density at radius 2 is 1.81 bits per heavy atom. The lowest BCUT2D eigenvalue weighted by Crippen LogP contribution is -2.22. The predicted molar refractivity (Wildman–Crippen MR) is 104 cm³/mol. The van der Waals surface area contributed by atoms with Crippen molar-refractivity contribution in [1.82, 2.24) is 5.32 Å². The highest BCUT2D eigenvalue weighted by Crippen LogP contribution is 2.33. The lowest BCUT2D eigenvalue weighted by atomic mass is 9.93. The number of methoxy groups -OCH3 is 1. The fourth-order valence-corrected chi connectivity index (χ4v) is 3.15. The molecule has 3 rings (SSSR count). The van der Waals surface area contributed by atoms with E-state index >= 15 is 0 Å². The molecule has 0 aromatic heterocycles. The average Bonchev–Trinajstić information content (AvgIpc) is 2.67. The lowest BCUT2D eigenvalue weighted by molar-refractivity contribution is -0.118. The van der Waals surface area contributed by atoms with Crippen LogP contribution in [0.3, 0.4) is 0 Å². The maximum Gasteiger partial charge on any atom is 0.216 e. The van der Waals surface area contributed by atoms with Crippen molar-refractivity contribution in [3.8, 4) is 16.9 Å². The number of amides is 1. The largest absolute Gasteiger partial charge is 0.497 e. The summed E-state index contributed by atoms with van der Waals surface area (Å²) in [5.74, 6) is 0.790. The number of ether oxygens (including phenoxy) is 1. The van der Waals surface area contributed by atoms with Gasteiger partial charge in [0.15, 0.2) is 0 Å². The fourth-order valence-electron chi connectivity index (χ4n) is 3.15. The highest BCUT2D eigenvalue weighted by atomic mass is 16.5. The molecule has 134 valence electrons. The van der Waals surface area contributed by atoms with E-state index in [0.717, 1.165) is 39.6 Å². The molecule has 0 saturated carbocycles. The molecular weight excluding hydrogens is 326 g/mol. The van der Waals surface area contributed by atoms with Crippen LogP contribution < -0.4 is 10.1 Å². The van der Waals surface area contributed by atoms with Gasteiger partial charge in [0.1, 0.15) is 5.75 Å². The summed E-state index contributed by atoms with van der Waals surface area (Å²) in [5.41, 5.74) is 4.30. The normalized spacial score (nSPS) is 10.7. The highest BCUT2D eigenvalue weighted by Gasteiger charge is 2.10. The van der Waals surface area contributed by atoms with Crippen LogP contribution >= 0.6 is 0 Å². The van der Waals surface area contributed by atoms with E-state index < -0.39 is 0 Å². The van der Waals surface area contributed by atoms with Gasteiger partial charge in [-0.1, -0.05) is 42.5 Å². The molecule has 3 aromatic carbocycles. The minimum absolute atomic E-state index is 0.0209. The van der Waals surface area contributed by atoms with Gasteiger partial charge in [-0.05, 0) is 51.6 Å². The van der Waals surface area contributed by atoms with Crippen LogP contribution in [0.1, 0.15) is 18.1 Å². The molecule has 0 aliphatic rings. The maximum absolute atomic E-state index is 11.1. The van der Waals surface area contributed by atoms with E-state index in [1.807, 2.05) is 36.4 Å². The van der Waals surface area contributed by atoms with Crippen LogP contribution in [0.2, 0.25) is 0 Å². The Morgan fingerprint density at radius 1 is 1.04 bits per heavy atom. The Balaban J connectivity index is 2.06. The molecule has 0 unspecified atom stereocenters. The number of hydrogen-bond donors (Lipinski definition) is 2. The third kappa shape index (κ3) is 3.86. The lowest BCUT2D eigenvalue weighted by Gasteiger charge is -2.13. The number of hydrogen-bond acceptors (Lipinski definition) is 3. The topological polar surface area (TPSA) is 58.6 Å². The molecule has 3 aromatic rings. The first-order valence-electron chi connectivity index (χ1n) is 8.66. The minimum Gasteiger partial charge on any atom is -0.497 e. The number of aliphatic hydroxyl groups is 1. The van der Waals surface area contributed by atoms with E-state index in [1.54, 1.807) is 7.11 Å². The van der Waals surface area contributed by atoms with E-state index in [0.29, 0.717) is 6.54 Å². The van der Waals surface area contributed by atoms with Gasteiger partial charge in [0.05, 0.1) is 13.7 Å². The number of nitrogens with one attached hydrogen (secondary N) is 1. The molecule has 2 N–H and O–H groups in total. The van der Waals surface area contributed by atoms with Crippen LogP contribution in [0.15, 0.2) is 54.6 Å². The molecule has 4 nitrogen and oxygen atoms in total. The summed E-state index contributed by atoms with van der Waals surface area (Å²) >= 11 is 0. The van der Waals surface area contributed by atoms with Gasteiger partial charge >= 0.3 is 0 Å². The number of carbonyl (C=O) groups is 1. The molecule has 0 bridgehead atoms. The first kappa shape index (κ1) is 18.0. The molecule has 0 atom stereocenters. The van der Waals surface area contributed by atoms with Crippen molar-refractivity contribution in [3.63, 3.8) is 0 Å². The fraction of sp³-hybridized carbons (Fsp3) is 0.227. The van der Waals surface area contributed by atoms with Crippen molar-refractivity contribution in [2.45, 2.75) is 20.0 Å². The standard InChI is InChI=1S/C22H23NO3/c1-15(25)23-12-11-18-7-9-20(17-5-3-16(14-24)4-6-17)21-10-8-19(26-2)13-22(18)21/h3-10,13,24H,11-12,14H2,1-2H3,(H,23,25). The van der Waals surface area contributed by atoms with E-state index in [4.69, 9.17) is 4.74 Å². The Bertz CT molecular complexity index is 917. The summed E-state index contributed by atoms with van der Waals surface area (Å²) in [7, 11) is 1.66.